The summed E-state index contributed by atoms with van der Waals surface area (Å²) in [5.41, 5.74) is 0. The van der Waals surface area contributed by atoms with Crippen LogP contribution in [0.15, 0.2) is 0 Å². The monoisotopic (exact) mass is 96.1 g/mol. The minimum absolute atomic E-state index is 0. The molecule has 0 aliphatic carbocycles. The molecule has 0 radical (unpaired) electrons. The van der Waals surface area contributed by atoms with Crippen LogP contribution in [0.2, 0.25) is 0 Å². The first-order valence-corrected chi connectivity index (χ1v) is 1.13. The second-order valence-corrected chi connectivity index (χ2v) is 0.447. The largest absolute Gasteiger partial charge is 0.394 e. The number of aliphatic hydroxyl groups is 2. The summed E-state index contributed by atoms with van der Waals surface area (Å²) in [4.78, 5) is 0. The van der Waals surface area contributed by atoms with Crippen molar-refractivity contribution in [2.45, 2.75) is 14.9 Å². The van der Waals surface area contributed by atoms with Gasteiger partial charge in [0.1, 0.15) is 0 Å². The fourth-order valence-electron chi connectivity index (χ4n) is 0. The van der Waals surface area contributed by atoms with Gasteiger partial charge in [0.25, 0.3) is 0 Å². The average Bonchev–Trinajstić information content (AvgIpc) is 1.37. The molecule has 0 fully saturated rings. The molecule has 0 saturated carbocycles. The Bertz CT molecular complexity index is 11.7. The molecule has 0 saturated heterocycles. The van der Waals surface area contributed by atoms with Crippen LogP contribution in [0, 0.1) is 0 Å². The second kappa shape index (κ2) is 20.5. The first kappa shape index (κ1) is 16.8. The lowest BCUT2D eigenvalue weighted by Crippen LogP contribution is -1.85. The maximum atomic E-state index is 7.62. The smallest absolute Gasteiger partial charge is 0.0662 e. The molecule has 0 aromatic heterocycles. The van der Waals surface area contributed by atoms with E-state index in [0.717, 1.165) is 0 Å². The first-order chi connectivity index (χ1) is 1.91. The van der Waals surface area contributed by atoms with Gasteiger partial charge in [-0.1, -0.05) is 14.9 Å². The van der Waals surface area contributed by atoms with Crippen molar-refractivity contribution in [3.05, 3.63) is 0 Å². The van der Waals surface area contributed by atoms with E-state index in [0.29, 0.717) is 0 Å². The van der Waals surface area contributed by atoms with Crippen LogP contribution in [-0.2, 0) is 0 Å². The third kappa shape index (κ3) is 39.5. The van der Waals surface area contributed by atoms with Crippen LogP contribution < -0.4 is 0 Å². The molecule has 0 amide bonds. The van der Waals surface area contributed by atoms with E-state index in [1.807, 2.05) is 0 Å². The van der Waals surface area contributed by atoms with E-state index in [-0.39, 0.29) is 29.5 Å². The highest BCUT2D eigenvalue weighted by Gasteiger charge is 1.58. The van der Waals surface area contributed by atoms with Crippen molar-refractivity contribution in [2.75, 3.05) is 13.2 Å². The van der Waals surface area contributed by atoms with Crippen LogP contribution in [0.25, 0.3) is 0 Å². The molecular weight excluding hydrogens is 80.0 g/mol. The molecule has 2 heteroatoms. The third-order valence-electron chi connectivity index (χ3n) is 0.1000. The maximum Gasteiger partial charge on any atom is 0.0662 e. The van der Waals surface area contributed by atoms with Gasteiger partial charge in [0.15, 0.2) is 0 Å². The van der Waals surface area contributed by atoms with Crippen LogP contribution in [0.4, 0.5) is 0 Å². The topological polar surface area (TPSA) is 40.5 Å². The Morgan fingerprint density at radius 3 is 1.17 bits per heavy atom. The summed E-state index contributed by atoms with van der Waals surface area (Å²) >= 11 is 0. The van der Waals surface area contributed by atoms with Crippen molar-refractivity contribution in [3.63, 3.8) is 0 Å². The summed E-state index contributed by atoms with van der Waals surface area (Å²) in [6.45, 7) is -0.250. The molecule has 0 aromatic carbocycles. The lowest BCUT2D eigenvalue weighted by molar-refractivity contribution is 0.186. The lowest BCUT2D eigenvalue weighted by Gasteiger charge is -1.70. The molecule has 2 nitrogen and oxygen atoms in total. The Balaban J connectivity index is -0.0000000150. The van der Waals surface area contributed by atoms with Gasteiger partial charge in [-0.25, -0.2) is 0 Å². The molecule has 0 heterocycles. The number of rotatable bonds is 1. The van der Waals surface area contributed by atoms with E-state index < -0.39 is 0 Å². The summed E-state index contributed by atoms with van der Waals surface area (Å²) in [7, 11) is 0. The lowest BCUT2D eigenvalue weighted by atomic mass is 10.8. The van der Waals surface area contributed by atoms with E-state index in [9.17, 15) is 0 Å². The highest BCUT2D eigenvalue weighted by Crippen LogP contribution is 1.39. The number of hydrogen-bond donors (Lipinski definition) is 2. The predicted molar refractivity (Wildman–Crippen MR) is 29.7 cm³/mol. The SMILES string of the molecule is C.C.OCCO.[HH]. The van der Waals surface area contributed by atoms with Crippen LogP contribution in [0.5, 0.6) is 0 Å². The van der Waals surface area contributed by atoms with Gasteiger partial charge in [-0.05, 0) is 0 Å². The fraction of sp³-hybridized carbons (Fsp3) is 1.00. The molecule has 44 valence electrons. The van der Waals surface area contributed by atoms with Gasteiger partial charge in [-0.2, -0.15) is 0 Å². The molecule has 0 bridgehead atoms. The summed E-state index contributed by atoms with van der Waals surface area (Å²) in [5.74, 6) is 0. The molecule has 0 unspecified atom stereocenters. The number of aliphatic hydroxyl groups excluding tert-OH is 2. The van der Waals surface area contributed by atoms with Crippen molar-refractivity contribution in [2.24, 2.45) is 0 Å². The van der Waals surface area contributed by atoms with E-state index in [4.69, 9.17) is 10.2 Å². The first-order valence-electron chi connectivity index (χ1n) is 1.13. The van der Waals surface area contributed by atoms with E-state index in [1.54, 1.807) is 0 Å². The van der Waals surface area contributed by atoms with E-state index >= 15 is 0 Å². The van der Waals surface area contributed by atoms with Crippen LogP contribution in [-0.4, -0.2) is 23.4 Å². The summed E-state index contributed by atoms with van der Waals surface area (Å²) in [6, 6.07) is 0. The standard InChI is InChI=1S/C2H6O2.2CH4.H2/c3-1-2-4;;;/h3-4H,1-2H2;2*1H4;1H. The van der Waals surface area contributed by atoms with Crippen molar-refractivity contribution in [1.29, 1.82) is 0 Å². The molecule has 6 heavy (non-hydrogen) atoms. The Hall–Kier alpha value is -0.0800. The summed E-state index contributed by atoms with van der Waals surface area (Å²) < 4.78 is 0. The molecule has 0 aromatic rings. The van der Waals surface area contributed by atoms with Crippen molar-refractivity contribution < 1.29 is 11.6 Å². The molecule has 2 N–H and O–H groups in total. The molecule has 0 rings (SSSR count). The molecular formula is C4H16O2. The quantitative estimate of drug-likeness (QED) is 0.498. The predicted octanol–water partition coefficient (Wildman–Crippen LogP) is 0.489. The maximum absolute atomic E-state index is 7.62. The Morgan fingerprint density at radius 1 is 1.00 bits per heavy atom. The average molecular weight is 96.2 g/mol. The highest BCUT2D eigenvalue weighted by molar-refractivity contribution is 4.06. The van der Waals surface area contributed by atoms with Crippen LogP contribution >= 0.6 is 0 Å². The zero-order chi connectivity index (χ0) is 3.41. The van der Waals surface area contributed by atoms with E-state index in [2.05, 4.69) is 0 Å². The van der Waals surface area contributed by atoms with Crippen LogP contribution in [0.1, 0.15) is 16.3 Å². The Morgan fingerprint density at radius 2 is 1.17 bits per heavy atom. The molecule has 0 aliphatic rings. The number of hydrogen-bond acceptors (Lipinski definition) is 2. The summed E-state index contributed by atoms with van der Waals surface area (Å²) in [6.07, 6.45) is 0. The zero-order valence-electron chi connectivity index (χ0n) is 2.31. The molecule has 0 atom stereocenters. The minimum Gasteiger partial charge on any atom is -0.394 e. The highest BCUT2D eigenvalue weighted by atomic mass is 16.3. The van der Waals surface area contributed by atoms with Gasteiger partial charge in [-0.3, -0.25) is 0 Å². The van der Waals surface area contributed by atoms with E-state index in [1.165, 1.54) is 0 Å². The molecule has 0 spiro atoms. The van der Waals surface area contributed by atoms with Crippen molar-refractivity contribution in [3.8, 4) is 0 Å². The Kier molecular flexibility index (Phi) is 57.4. The minimum atomic E-state index is -0.125. The van der Waals surface area contributed by atoms with Gasteiger partial charge in [-0.15, -0.1) is 0 Å². The molecule has 0 aliphatic heterocycles. The van der Waals surface area contributed by atoms with Crippen molar-refractivity contribution >= 4 is 0 Å². The van der Waals surface area contributed by atoms with Gasteiger partial charge in [0, 0.05) is 1.43 Å². The van der Waals surface area contributed by atoms with Gasteiger partial charge in [0.2, 0.25) is 0 Å². The van der Waals surface area contributed by atoms with Gasteiger partial charge >= 0.3 is 0 Å². The Labute approximate surface area is 40.9 Å². The van der Waals surface area contributed by atoms with Gasteiger partial charge < -0.3 is 10.2 Å². The summed E-state index contributed by atoms with van der Waals surface area (Å²) in [5, 5.41) is 15.2. The second-order valence-electron chi connectivity index (χ2n) is 0.447. The van der Waals surface area contributed by atoms with Crippen LogP contribution in [0.3, 0.4) is 0 Å². The fourth-order valence-corrected chi connectivity index (χ4v) is 0. The van der Waals surface area contributed by atoms with Gasteiger partial charge in [0.05, 0.1) is 13.2 Å². The third-order valence-corrected chi connectivity index (χ3v) is 0.1000. The van der Waals surface area contributed by atoms with Crippen molar-refractivity contribution in [1.82, 2.24) is 0 Å². The normalized spacial score (nSPS) is 5.00. The zero-order valence-corrected chi connectivity index (χ0v) is 2.31.